The van der Waals surface area contributed by atoms with Gasteiger partial charge in [-0.25, -0.2) is 0 Å². The molecule has 1 aliphatic rings. The first-order valence-corrected chi connectivity index (χ1v) is 5.65. The number of nitrogens with two attached hydrogens (primary N) is 1. The zero-order valence-corrected chi connectivity index (χ0v) is 8.88. The van der Waals surface area contributed by atoms with Crippen LogP contribution in [0.1, 0.15) is 16.0 Å². The van der Waals surface area contributed by atoms with Gasteiger partial charge in [-0.05, 0) is 23.8 Å². The van der Waals surface area contributed by atoms with Crippen LogP contribution >= 0.6 is 11.3 Å². The average molecular weight is 215 g/mol. The topological polar surface area (TPSA) is 73.5 Å². The molecule has 0 radical (unpaired) electrons. The first-order valence-electron chi connectivity index (χ1n) is 3.72. The van der Waals surface area contributed by atoms with E-state index in [-0.39, 0.29) is 0 Å². The molecule has 2 rings (SSSR count). The Kier molecular flexibility index (Phi) is 1.98. The fourth-order valence-corrected chi connectivity index (χ4v) is 3.12. The van der Waals surface area contributed by atoms with Gasteiger partial charge in [-0.2, -0.15) is 4.72 Å². The van der Waals surface area contributed by atoms with Crippen molar-refractivity contribution >= 4 is 33.7 Å². The molecule has 2 heterocycles. The fraction of sp³-hybridized carbons (Fsp3) is 0.286. The summed E-state index contributed by atoms with van der Waals surface area (Å²) in [5.74, 6) is 0.369. The van der Waals surface area contributed by atoms with Gasteiger partial charge in [-0.3, -0.25) is 0 Å². The number of nitrogens with one attached hydrogen (secondary N) is 1. The molecule has 1 unspecified atom stereocenters. The van der Waals surface area contributed by atoms with E-state index in [9.17, 15) is 4.55 Å². The Labute approximate surface area is 83.3 Å². The van der Waals surface area contributed by atoms with Crippen molar-refractivity contribution in [1.29, 1.82) is 0 Å². The van der Waals surface area contributed by atoms with Crippen LogP contribution in [0.5, 0.6) is 0 Å². The molecule has 1 aromatic rings. The molecule has 1 atom stereocenters. The van der Waals surface area contributed by atoms with Crippen LogP contribution in [0.3, 0.4) is 0 Å². The van der Waals surface area contributed by atoms with Crippen molar-refractivity contribution in [2.75, 3.05) is 4.72 Å². The summed E-state index contributed by atoms with van der Waals surface area (Å²) >= 11 is 0.156. The van der Waals surface area contributed by atoms with Crippen LogP contribution in [-0.4, -0.2) is 10.4 Å². The van der Waals surface area contributed by atoms with Crippen LogP contribution in [0.15, 0.2) is 4.40 Å². The third-order valence-corrected chi connectivity index (χ3v) is 4.00. The van der Waals surface area contributed by atoms with E-state index in [1.54, 1.807) is 11.3 Å². The maximum Gasteiger partial charge on any atom is 0.223 e. The van der Waals surface area contributed by atoms with Crippen molar-refractivity contribution in [1.82, 2.24) is 0 Å². The van der Waals surface area contributed by atoms with Gasteiger partial charge < -0.3 is 10.3 Å². The number of anilines is 1. The van der Waals surface area contributed by atoms with Crippen molar-refractivity contribution in [3.05, 3.63) is 16.0 Å². The monoisotopic (exact) mass is 215 g/mol. The SMILES string of the molecule is Cc1sc2c(c1C)C(N)=N[S+]([O-])N2. The molecule has 4 nitrogen and oxygen atoms in total. The van der Waals surface area contributed by atoms with Crippen molar-refractivity contribution in [2.24, 2.45) is 10.1 Å². The maximum atomic E-state index is 11.1. The van der Waals surface area contributed by atoms with Crippen LogP contribution in [0.25, 0.3) is 0 Å². The molecule has 13 heavy (non-hydrogen) atoms. The number of hydrogen-bond acceptors (Lipinski definition) is 5. The maximum absolute atomic E-state index is 11.1. The van der Waals surface area contributed by atoms with Gasteiger partial charge in [0.25, 0.3) is 0 Å². The summed E-state index contributed by atoms with van der Waals surface area (Å²) in [6.45, 7) is 4.00. The standard InChI is InChI=1S/C7H9N3OS2/c1-3-4(2)12-7-5(3)6(8)9-13(11)10-7/h10H,1-2H3,(H2,8,9). The molecule has 0 fully saturated rings. The number of rotatable bonds is 0. The Balaban J connectivity index is 2.60. The van der Waals surface area contributed by atoms with E-state index in [0.717, 1.165) is 16.1 Å². The van der Waals surface area contributed by atoms with Crippen LogP contribution in [0, 0.1) is 13.8 Å². The van der Waals surface area contributed by atoms with Crippen molar-refractivity contribution in [2.45, 2.75) is 13.8 Å². The van der Waals surface area contributed by atoms with Gasteiger partial charge in [-0.15, -0.1) is 11.3 Å². The van der Waals surface area contributed by atoms with Crippen LogP contribution < -0.4 is 10.5 Å². The molecule has 0 saturated heterocycles. The molecule has 3 N–H and O–H groups in total. The lowest BCUT2D eigenvalue weighted by Gasteiger charge is -2.11. The van der Waals surface area contributed by atoms with Gasteiger partial charge in [0.1, 0.15) is 5.00 Å². The Morgan fingerprint density at radius 3 is 2.92 bits per heavy atom. The Morgan fingerprint density at radius 2 is 2.23 bits per heavy atom. The second-order valence-corrected chi connectivity index (χ2v) is 4.92. The first-order chi connectivity index (χ1) is 6.09. The summed E-state index contributed by atoms with van der Waals surface area (Å²) in [6.07, 6.45) is 0. The first kappa shape index (κ1) is 8.86. The molecule has 1 aliphatic heterocycles. The Morgan fingerprint density at radius 1 is 1.54 bits per heavy atom. The second-order valence-electron chi connectivity index (χ2n) is 2.82. The molecule has 1 aromatic heterocycles. The normalized spacial score (nSPS) is 20.5. The van der Waals surface area contributed by atoms with Gasteiger partial charge in [0.05, 0.1) is 5.56 Å². The van der Waals surface area contributed by atoms with Crippen molar-refractivity contribution in [3.8, 4) is 0 Å². The van der Waals surface area contributed by atoms with Gasteiger partial charge >= 0.3 is 0 Å². The highest BCUT2D eigenvalue weighted by atomic mass is 32.2. The molecule has 0 bridgehead atoms. The zero-order valence-electron chi connectivity index (χ0n) is 7.25. The summed E-state index contributed by atoms with van der Waals surface area (Å²) in [6, 6.07) is 0. The average Bonchev–Trinajstić information content (AvgIpc) is 2.27. The van der Waals surface area contributed by atoms with E-state index in [4.69, 9.17) is 5.73 Å². The number of hydrogen-bond donors (Lipinski definition) is 2. The highest BCUT2D eigenvalue weighted by Gasteiger charge is 2.25. The summed E-state index contributed by atoms with van der Waals surface area (Å²) in [4.78, 5) is 1.18. The van der Waals surface area contributed by atoms with E-state index < -0.39 is 11.5 Å². The minimum atomic E-state index is -1.40. The molecule has 0 aliphatic carbocycles. The molecular formula is C7H9N3OS2. The molecule has 0 saturated carbocycles. The highest BCUT2D eigenvalue weighted by Crippen LogP contribution is 2.35. The van der Waals surface area contributed by atoms with Gasteiger partial charge in [0.2, 0.25) is 11.5 Å². The Bertz CT molecular complexity index is 385. The van der Waals surface area contributed by atoms with E-state index >= 15 is 0 Å². The molecular weight excluding hydrogens is 206 g/mol. The minimum absolute atomic E-state index is 0.369. The van der Waals surface area contributed by atoms with Gasteiger partial charge in [0.15, 0.2) is 5.84 Å². The third kappa shape index (κ3) is 1.31. The summed E-state index contributed by atoms with van der Waals surface area (Å²) in [5, 5.41) is 0.862. The van der Waals surface area contributed by atoms with E-state index in [0.29, 0.717) is 5.84 Å². The molecule has 0 spiro atoms. The number of amidine groups is 1. The predicted molar refractivity (Wildman–Crippen MR) is 56.3 cm³/mol. The largest absolute Gasteiger partial charge is 0.566 e. The van der Waals surface area contributed by atoms with E-state index in [1.807, 2.05) is 13.8 Å². The molecule has 0 amide bonds. The lowest BCUT2D eigenvalue weighted by Crippen LogP contribution is -2.25. The molecule has 70 valence electrons. The fourth-order valence-electron chi connectivity index (χ4n) is 1.24. The number of fused-ring (bicyclic) bond motifs is 1. The summed E-state index contributed by atoms with van der Waals surface area (Å²) in [7, 11) is 0. The van der Waals surface area contributed by atoms with Crippen LogP contribution in [0.2, 0.25) is 0 Å². The lowest BCUT2D eigenvalue weighted by atomic mass is 10.1. The third-order valence-electron chi connectivity index (χ3n) is 2.00. The predicted octanol–water partition coefficient (Wildman–Crippen LogP) is 1.07. The number of thiophene rings is 1. The quantitative estimate of drug-likeness (QED) is 0.636. The van der Waals surface area contributed by atoms with Crippen LogP contribution in [-0.2, 0) is 11.5 Å². The Hall–Kier alpha value is -0.720. The van der Waals surface area contributed by atoms with Gasteiger partial charge in [0, 0.05) is 4.88 Å². The second kappa shape index (κ2) is 2.90. The highest BCUT2D eigenvalue weighted by molar-refractivity contribution is 7.91. The van der Waals surface area contributed by atoms with Crippen LogP contribution in [0.4, 0.5) is 5.00 Å². The van der Waals surface area contributed by atoms with E-state index in [2.05, 4.69) is 9.12 Å². The summed E-state index contributed by atoms with van der Waals surface area (Å²) in [5.41, 5.74) is 7.70. The van der Waals surface area contributed by atoms with Gasteiger partial charge in [-0.1, -0.05) is 0 Å². The number of nitrogens with zero attached hydrogens (tertiary/aromatic N) is 1. The zero-order chi connectivity index (χ0) is 9.59. The van der Waals surface area contributed by atoms with Crippen molar-refractivity contribution in [3.63, 3.8) is 0 Å². The summed E-state index contributed by atoms with van der Waals surface area (Å²) < 4.78 is 17.6. The van der Waals surface area contributed by atoms with E-state index in [1.165, 1.54) is 4.88 Å². The minimum Gasteiger partial charge on any atom is -0.566 e. The number of aryl methyl sites for hydroxylation is 1. The molecule has 6 heteroatoms. The lowest BCUT2D eigenvalue weighted by molar-refractivity contribution is 0.602. The smallest absolute Gasteiger partial charge is 0.223 e. The van der Waals surface area contributed by atoms with Crippen molar-refractivity contribution < 1.29 is 4.55 Å². The molecule has 0 aromatic carbocycles.